The van der Waals surface area contributed by atoms with Crippen LogP contribution in [0, 0.1) is 19.8 Å². The number of rotatable bonds is 7. The van der Waals surface area contributed by atoms with Gasteiger partial charge in [0, 0.05) is 30.2 Å². The summed E-state index contributed by atoms with van der Waals surface area (Å²) >= 11 is 0. The molecule has 3 amide bonds. The molecule has 1 fully saturated rings. The fraction of sp³-hybridized carbons (Fsp3) is 0.321. The second-order valence-corrected chi connectivity index (χ2v) is 8.99. The van der Waals surface area contributed by atoms with Gasteiger partial charge in [-0.05, 0) is 57.0 Å². The number of benzene rings is 2. The number of hydrazine groups is 1. The molecule has 0 bridgehead atoms. The number of piperidine rings is 1. The third-order valence-electron chi connectivity index (χ3n) is 6.46. The van der Waals surface area contributed by atoms with Crippen LogP contribution in [-0.4, -0.2) is 46.9 Å². The summed E-state index contributed by atoms with van der Waals surface area (Å²) in [5, 5.41) is 0. The largest absolute Gasteiger partial charge is 0.493 e. The van der Waals surface area contributed by atoms with Crippen LogP contribution in [0.2, 0.25) is 0 Å². The molecular formula is C28H32N4O4. The zero-order valence-corrected chi connectivity index (χ0v) is 20.7. The molecule has 1 aliphatic rings. The number of nitrogens with one attached hydrogen (secondary N) is 2. The first-order valence-corrected chi connectivity index (χ1v) is 12.2. The number of hydrogen-bond acceptors (Lipinski definition) is 4. The highest BCUT2D eigenvalue weighted by Crippen LogP contribution is 2.21. The molecule has 0 aliphatic carbocycles. The lowest BCUT2D eigenvalue weighted by Crippen LogP contribution is -2.50. The number of aromatic nitrogens is 1. The fourth-order valence-electron chi connectivity index (χ4n) is 4.60. The summed E-state index contributed by atoms with van der Waals surface area (Å²) in [5.74, 6) is -0.365. The monoisotopic (exact) mass is 488 g/mol. The SMILES string of the molecule is Cc1cc(C(=O)NNC(=O)C2CCCN(C(=O)CCOc3ccccc3)C2)c(C)n1-c1ccccc1. The van der Waals surface area contributed by atoms with Crippen molar-refractivity contribution in [2.24, 2.45) is 5.92 Å². The third-order valence-corrected chi connectivity index (χ3v) is 6.46. The summed E-state index contributed by atoms with van der Waals surface area (Å²) in [5.41, 5.74) is 8.29. The lowest BCUT2D eigenvalue weighted by molar-refractivity contribution is -0.136. The van der Waals surface area contributed by atoms with E-state index in [1.165, 1.54) is 0 Å². The molecule has 1 aromatic heterocycles. The first-order valence-electron chi connectivity index (χ1n) is 12.2. The molecule has 1 atom stereocenters. The van der Waals surface area contributed by atoms with Crippen LogP contribution in [0.5, 0.6) is 5.75 Å². The van der Waals surface area contributed by atoms with Gasteiger partial charge in [0.15, 0.2) is 0 Å². The average molecular weight is 489 g/mol. The van der Waals surface area contributed by atoms with Gasteiger partial charge in [0.05, 0.1) is 24.5 Å². The Bertz CT molecular complexity index is 1210. The van der Waals surface area contributed by atoms with E-state index >= 15 is 0 Å². The van der Waals surface area contributed by atoms with Gasteiger partial charge in [0.1, 0.15) is 5.75 Å². The van der Waals surface area contributed by atoms with Crippen molar-refractivity contribution in [3.63, 3.8) is 0 Å². The maximum Gasteiger partial charge on any atom is 0.271 e. The lowest BCUT2D eigenvalue weighted by atomic mass is 9.97. The normalized spacial score (nSPS) is 15.3. The molecule has 0 radical (unpaired) electrons. The number of ether oxygens (including phenoxy) is 1. The van der Waals surface area contributed by atoms with Gasteiger partial charge in [-0.2, -0.15) is 0 Å². The Morgan fingerprint density at radius 2 is 1.67 bits per heavy atom. The second-order valence-electron chi connectivity index (χ2n) is 8.99. The van der Waals surface area contributed by atoms with Crippen molar-refractivity contribution in [2.75, 3.05) is 19.7 Å². The van der Waals surface area contributed by atoms with Crippen molar-refractivity contribution in [1.82, 2.24) is 20.3 Å². The molecule has 2 heterocycles. The maximum absolute atomic E-state index is 12.8. The van der Waals surface area contributed by atoms with Crippen LogP contribution in [0.15, 0.2) is 66.7 Å². The van der Waals surface area contributed by atoms with Crippen LogP contribution in [0.4, 0.5) is 0 Å². The first kappa shape index (κ1) is 25.0. The van der Waals surface area contributed by atoms with Crippen molar-refractivity contribution in [3.05, 3.63) is 83.7 Å². The lowest BCUT2D eigenvalue weighted by Gasteiger charge is -2.32. The molecule has 0 spiro atoms. The highest BCUT2D eigenvalue weighted by atomic mass is 16.5. The topological polar surface area (TPSA) is 92.7 Å². The molecule has 3 aromatic rings. The van der Waals surface area contributed by atoms with E-state index < -0.39 is 0 Å². The van der Waals surface area contributed by atoms with Gasteiger partial charge in [0.2, 0.25) is 11.8 Å². The van der Waals surface area contributed by atoms with Crippen molar-refractivity contribution in [2.45, 2.75) is 33.1 Å². The molecule has 2 aromatic carbocycles. The molecule has 188 valence electrons. The Balaban J connectivity index is 1.28. The minimum absolute atomic E-state index is 0.0409. The van der Waals surface area contributed by atoms with E-state index in [-0.39, 0.29) is 36.7 Å². The quantitative estimate of drug-likeness (QED) is 0.498. The van der Waals surface area contributed by atoms with Crippen LogP contribution in [0.3, 0.4) is 0 Å². The Labute approximate surface area is 211 Å². The minimum Gasteiger partial charge on any atom is -0.493 e. The molecule has 2 N–H and O–H groups in total. The number of nitrogens with zero attached hydrogens (tertiary/aromatic N) is 2. The summed E-state index contributed by atoms with van der Waals surface area (Å²) in [7, 11) is 0. The average Bonchev–Trinajstić information content (AvgIpc) is 3.21. The van der Waals surface area contributed by atoms with Crippen molar-refractivity contribution in [3.8, 4) is 11.4 Å². The summed E-state index contributed by atoms with van der Waals surface area (Å²) in [6.07, 6.45) is 1.64. The predicted octanol–water partition coefficient (Wildman–Crippen LogP) is 3.56. The fourth-order valence-corrected chi connectivity index (χ4v) is 4.60. The van der Waals surface area contributed by atoms with Gasteiger partial charge in [-0.3, -0.25) is 25.2 Å². The van der Waals surface area contributed by atoms with Crippen LogP contribution in [-0.2, 0) is 9.59 Å². The summed E-state index contributed by atoms with van der Waals surface area (Å²) < 4.78 is 7.62. The van der Waals surface area contributed by atoms with E-state index in [9.17, 15) is 14.4 Å². The minimum atomic E-state index is -0.380. The van der Waals surface area contributed by atoms with Gasteiger partial charge in [0.25, 0.3) is 5.91 Å². The molecule has 0 saturated carbocycles. The third kappa shape index (κ3) is 5.94. The molecular weight excluding hydrogens is 456 g/mol. The molecule has 36 heavy (non-hydrogen) atoms. The molecule has 1 unspecified atom stereocenters. The van der Waals surface area contributed by atoms with E-state index in [4.69, 9.17) is 4.74 Å². The van der Waals surface area contributed by atoms with E-state index in [1.54, 1.807) is 4.90 Å². The Morgan fingerprint density at radius 3 is 2.39 bits per heavy atom. The van der Waals surface area contributed by atoms with Crippen molar-refractivity contribution >= 4 is 17.7 Å². The molecule has 1 aliphatic heterocycles. The summed E-state index contributed by atoms with van der Waals surface area (Å²) in [6.45, 7) is 5.05. The van der Waals surface area contributed by atoms with E-state index in [2.05, 4.69) is 10.9 Å². The number of likely N-dealkylation sites (tertiary alicyclic amines) is 1. The zero-order valence-electron chi connectivity index (χ0n) is 20.7. The van der Waals surface area contributed by atoms with Crippen LogP contribution in [0.1, 0.15) is 41.0 Å². The van der Waals surface area contributed by atoms with Gasteiger partial charge >= 0.3 is 0 Å². The van der Waals surface area contributed by atoms with Crippen molar-refractivity contribution < 1.29 is 19.1 Å². The van der Waals surface area contributed by atoms with Crippen molar-refractivity contribution in [1.29, 1.82) is 0 Å². The van der Waals surface area contributed by atoms with Crippen LogP contribution < -0.4 is 15.6 Å². The molecule has 8 heteroatoms. The van der Waals surface area contributed by atoms with Gasteiger partial charge in [-0.25, -0.2) is 0 Å². The Hall–Kier alpha value is -4.07. The standard InChI is InChI=1S/C28H32N4O4/c1-20-18-25(21(2)32(20)23-11-5-3-6-12-23)28(35)30-29-27(34)22-10-9-16-31(19-22)26(33)15-17-36-24-13-7-4-8-14-24/h3-8,11-14,18,22H,9-10,15-17,19H2,1-2H3,(H,29,34)(H,30,35). The van der Waals surface area contributed by atoms with Crippen LogP contribution in [0.25, 0.3) is 5.69 Å². The first-order chi connectivity index (χ1) is 17.4. The summed E-state index contributed by atoms with van der Waals surface area (Å²) in [6, 6.07) is 21.0. The number of carbonyl (C=O) groups is 3. The van der Waals surface area contributed by atoms with Gasteiger partial charge in [-0.15, -0.1) is 0 Å². The summed E-state index contributed by atoms with van der Waals surface area (Å²) in [4.78, 5) is 40.0. The number of carbonyl (C=O) groups excluding carboxylic acids is 3. The second kappa shape index (κ2) is 11.6. The van der Waals surface area contributed by atoms with Gasteiger partial charge < -0.3 is 14.2 Å². The Morgan fingerprint density at radius 1 is 0.972 bits per heavy atom. The van der Waals surface area contributed by atoms with Gasteiger partial charge in [-0.1, -0.05) is 36.4 Å². The number of para-hydroxylation sites is 2. The van der Waals surface area contributed by atoms with Crippen LogP contribution >= 0.6 is 0 Å². The number of aryl methyl sites for hydroxylation is 1. The Kier molecular flexibility index (Phi) is 8.05. The van der Waals surface area contributed by atoms with E-state index in [1.807, 2.05) is 85.1 Å². The number of amides is 3. The van der Waals surface area contributed by atoms with E-state index in [0.29, 0.717) is 25.1 Å². The maximum atomic E-state index is 12.8. The predicted molar refractivity (Wildman–Crippen MR) is 137 cm³/mol. The molecule has 1 saturated heterocycles. The highest BCUT2D eigenvalue weighted by Gasteiger charge is 2.29. The zero-order chi connectivity index (χ0) is 25.5. The number of hydrogen-bond donors (Lipinski definition) is 2. The smallest absolute Gasteiger partial charge is 0.271 e. The molecule has 4 rings (SSSR count). The highest BCUT2D eigenvalue weighted by molar-refractivity contribution is 5.97. The molecule has 8 nitrogen and oxygen atoms in total. The van der Waals surface area contributed by atoms with E-state index in [0.717, 1.165) is 29.2 Å².